The summed E-state index contributed by atoms with van der Waals surface area (Å²) in [7, 11) is 0. The summed E-state index contributed by atoms with van der Waals surface area (Å²) in [5.74, 6) is -1.40. The number of amides is 1. The Morgan fingerprint density at radius 1 is 1.47 bits per heavy atom. The molecule has 4 nitrogen and oxygen atoms in total. The van der Waals surface area contributed by atoms with Crippen LogP contribution in [0.5, 0.6) is 0 Å². The van der Waals surface area contributed by atoms with Crippen molar-refractivity contribution in [3.63, 3.8) is 0 Å². The van der Waals surface area contributed by atoms with Crippen LogP contribution in [0.4, 0.5) is 0 Å². The fraction of sp³-hybridized carbons (Fsp3) is 0.400. The third-order valence-electron chi connectivity index (χ3n) is 2.52. The van der Waals surface area contributed by atoms with E-state index in [2.05, 4.69) is 5.32 Å². The summed E-state index contributed by atoms with van der Waals surface area (Å²) in [4.78, 5) is 23.1. The molecule has 17 heavy (non-hydrogen) atoms. The number of halogens is 2. The zero-order chi connectivity index (χ0) is 12.6. The van der Waals surface area contributed by atoms with Crippen LogP contribution in [0.25, 0.3) is 0 Å². The van der Waals surface area contributed by atoms with Gasteiger partial charge in [-0.05, 0) is 24.8 Å². The molecular formula is C10H9Cl2NO3S. The van der Waals surface area contributed by atoms with Gasteiger partial charge >= 0.3 is 5.97 Å². The predicted molar refractivity (Wildman–Crippen MR) is 66.0 cm³/mol. The van der Waals surface area contributed by atoms with Crippen LogP contribution in [0, 0.1) is 5.92 Å². The van der Waals surface area contributed by atoms with E-state index >= 15 is 0 Å². The van der Waals surface area contributed by atoms with E-state index in [0.29, 0.717) is 14.2 Å². The molecule has 1 aromatic rings. The first-order valence-corrected chi connectivity index (χ1v) is 6.55. The maximum atomic E-state index is 11.8. The van der Waals surface area contributed by atoms with Crippen LogP contribution >= 0.6 is 34.5 Å². The van der Waals surface area contributed by atoms with Gasteiger partial charge in [0.15, 0.2) is 0 Å². The van der Waals surface area contributed by atoms with Gasteiger partial charge in [0.1, 0.15) is 10.4 Å². The van der Waals surface area contributed by atoms with Crippen molar-refractivity contribution < 1.29 is 14.7 Å². The van der Waals surface area contributed by atoms with Crippen molar-refractivity contribution in [2.24, 2.45) is 5.92 Å². The first kappa shape index (κ1) is 12.7. The molecule has 0 spiro atoms. The average Bonchev–Trinajstić information content (AvgIpc) is 3.02. The van der Waals surface area contributed by atoms with Gasteiger partial charge in [-0.2, -0.15) is 0 Å². The fourth-order valence-electron chi connectivity index (χ4n) is 1.48. The van der Waals surface area contributed by atoms with E-state index in [-0.39, 0.29) is 5.92 Å². The number of carbonyl (C=O) groups excluding carboxylic acids is 1. The largest absolute Gasteiger partial charge is 0.480 e. The Bertz CT molecular complexity index is 451. The molecule has 1 heterocycles. The van der Waals surface area contributed by atoms with E-state index < -0.39 is 17.9 Å². The van der Waals surface area contributed by atoms with Crippen LogP contribution in [0.3, 0.4) is 0 Å². The minimum atomic E-state index is -1.01. The van der Waals surface area contributed by atoms with Gasteiger partial charge in [-0.15, -0.1) is 11.3 Å². The molecule has 1 atom stereocenters. The number of hydrogen-bond donors (Lipinski definition) is 2. The van der Waals surface area contributed by atoms with Crippen molar-refractivity contribution in [3.8, 4) is 0 Å². The summed E-state index contributed by atoms with van der Waals surface area (Å²) in [5, 5.41) is 11.8. The molecule has 2 rings (SSSR count). The number of carboxylic acids is 1. The van der Waals surface area contributed by atoms with Crippen LogP contribution < -0.4 is 5.32 Å². The van der Waals surface area contributed by atoms with Gasteiger partial charge in [0.2, 0.25) is 0 Å². The summed E-state index contributed by atoms with van der Waals surface area (Å²) in [6.45, 7) is 0. The Labute approximate surface area is 112 Å². The molecule has 1 saturated carbocycles. The maximum Gasteiger partial charge on any atom is 0.326 e. The molecule has 1 aromatic heterocycles. The first-order chi connectivity index (χ1) is 7.99. The van der Waals surface area contributed by atoms with Gasteiger partial charge < -0.3 is 10.4 Å². The highest BCUT2D eigenvalue weighted by Gasteiger charge is 2.37. The van der Waals surface area contributed by atoms with Gasteiger partial charge in [-0.3, -0.25) is 4.79 Å². The monoisotopic (exact) mass is 293 g/mol. The molecular weight excluding hydrogens is 285 g/mol. The Morgan fingerprint density at radius 3 is 2.53 bits per heavy atom. The van der Waals surface area contributed by atoms with Crippen molar-refractivity contribution in [1.29, 1.82) is 0 Å². The topological polar surface area (TPSA) is 66.4 Å². The quantitative estimate of drug-likeness (QED) is 0.897. The van der Waals surface area contributed by atoms with Crippen molar-refractivity contribution in [3.05, 3.63) is 20.3 Å². The van der Waals surface area contributed by atoms with Crippen molar-refractivity contribution >= 4 is 46.4 Å². The Kier molecular flexibility index (Phi) is 3.61. The maximum absolute atomic E-state index is 11.8. The van der Waals surface area contributed by atoms with E-state index in [4.69, 9.17) is 28.3 Å². The molecule has 92 valence electrons. The molecule has 1 fully saturated rings. The lowest BCUT2D eigenvalue weighted by atomic mass is 10.2. The summed E-state index contributed by atoms with van der Waals surface area (Å²) >= 11 is 12.5. The SMILES string of the molecule is O=C(NC(C(=O)O)C1CC1)c1cc(Cl)c(Cl)s1. The lowest BCUT2D eigenvalue weighted by molar-refractivity contribution is -0.139. The highest BCUT2D eigenvalue weighted by atomic mass is 35.5. The third-order valence-corrected chi connectivity index (χ3v) is 4.38. The smallest absolute Gasteiger partial charge is 0.326 e. The number of carbonyl (C=O) groups is 2. The normalized spacial score (nSPS) is 16.6. The number of thiophene rings is 1. The molecule has 7 heteroatoms. The second kappa shape index (κ2) is 4.84. The lowest BCUT2D eigenvalue weighted by Crippen LogP contribution is -2.42. The number of carboxylic acid groups (broad SMARTS) is 1. The van der Waals surface area contributed by atoms with E-state index in [9.17, 15) is 9.59 Å². The Balaban J connectivity index is 2.07. The molecule has 2 N–H and O–H groups in total. The van der Waals surface area contributed by atoms with Crippen LogP contribution in [0.2, 0.25) is 9.36 Å². The summed E-state index contributed by atoms with van der Waals surface area (Å²) in [6.07, 6.45) is 1.67. The summed E-state index contributed by atoms with van der Waals surface area (Å²) in [6, 6.07) is 0.623. The second-order valence-corrected chi connectivity index (χ2v) is 5.92. The third kappa shape index (κ3) is 2.91. The van der Waals surface area contributed by atoms with Crippen molar-refractivity contribution in [1.82, 2.24) is 5.32 Å². The first-order valence-electron chi connectivity index (χ1n) is 4.97. The van der Waals surface area contributed by atoms with Gasteiger partial charge in [0, 0.05) is 0 Å². The van der Waals surface area contributed by atoms with Crippen LogP contribution in [0.1, 0.15) is 22.5 Å². The van der Waals surface area contributed by atoms with Gasteiger partial charge in [0.25, 0.3) is 5.91 Å². The van der Waals surface area contributed by atoms with Crippen LogP contribution in [-0.4, -0.2) is 23.0 Å². The molecule has 0 aliphatic heterocycles. The fourth-order valence-corrected chi connectivity index (χ4v) is 2.75. The Hall–Kier alpha value is -0.780. The highest BCUT2D eigenvalue weighted by molar-refractivity contribution is 7.18. The molecule has 1 amide bonds. The standard InChI is InChI=1S/C10H9Cl2NO3S/c11-5-3-6(17-8(5)12)9(14)13-7(10(15)16)4-1-2-4/h3-4,7H,1-2H2,(H,13,14)(H,15,16). The van der Waals surface area contributed by atoms with Crippen LogP contribution in [-0.2, 0) is 4.79 Å². The van der Waals surface area contributed by atoms with Gasteiger partial charge in [0.05, 0.1) is 9.90 Å². The second-order valence-electron chi connectivity index (χ2n) is 3.86. The molecule has 0 aromatic carbocycles. The molecule has 0 radical (unpaired) electrons. The van der Waals surface area contributed by atoms with E-state index in [0.717, 1.165) is 24.2 Å². The lowest BCUT2D eigenvalue weighted by Gasteiger charge is -2.12. The minimum absolute atomic E-state index is 0.0438. The predicted octanol–water partition coefficient (Wildman–Crippen LogP) is 2.65. The zero-order valence-electron chi connectivity index (χ0n) is 8.57. The molecule has 1 aliphatic rings. The molecule has 0 bridgehead atoms. The molecule has 1 unspecified atom stereocenters. The van der Waals surface area contributed by atoms with Crippen molar-refractivity contribution in [2.75, 3.05) is 0 Å². The minimum Gasteiger partial charge on any atom is -0.480 e. The molecule has 0 saturated heterocycles. The number of hydrogen-bond acceptors (Lipinski definition) is 3. The van der Waals surface area contributed by atoms with E-state index in [1.807, 2.05) is 0 Å². The molecule has 1 aliphatic carbocycles. The number of rotatable bonds is 4. The summed E-state index contributed by atoms with van der Waals surface area (Å²) in [5.41, 5.74) is 0. The number of aliphatic carboxylic acids is 1. The van der Waals surface area contributed by atoms with Crippen molar-refractivity contribution in [2.45, 2.75) is 18.9 Å². The summed E-state index contributed by atoms with van der Waals surface area (Å²) < 4.78 is 0.329. The zero-order valence-corrected chi connectivity index (χ0v) is 10.9. The highest BCUT2D eigenvalue weighted by Crippen LogP contribution is 2.34. The number of nitrogens with one attached hydrogen (secondary N) is 1. The van der Waals surface area contributed by atoms with E-state index in [1.165, 1.54) is 6.07 Å². The van der Waals surface area contributed by atoms with E-state index in [1.54, 1.807) is 0 Å². The Morgan fingerprint density at radius 2 is 2.12 bits per heavy atom. The van der Waals surface area contributed by atoms with Gasteiger partial charge in [-0.25, -0.2) is 4.79 Å². The van der Waals surface area contributed by atoms with Crippen LogP contribution in [0.15, 0.2) is 6.07 Å². The van der Waals surface area contributed by atoms with Gasteiger partial charge in [-0.1, -0.05) is 23.2 Å². The average molecular weight is 294 g/mol.